The zero-order valence-corrected chi connectivity index (χ0v) is 33.4. The van der Waals surface area contributed by atoms with Gasteiger partial charge in [0.25, 0.3) is 5.91 Å². The van der Waals surface area contributed by atoms with Crippen molar-refractivity contribution < 1.29 is 33.4 Å². The second-order valence-electron chi connectivity index (χ2n) is 17.2. The second-order valence-corrected chi connectivity index (χ2v) is 17.2. The van der Waals surface area contributed by atoms with Gasteiger partial charge in [0.15, 0.2) is 0 Å². The van der Waals surface area contributed by atoms with Gasteiger partial charge >= 0.3 is 0 Å². The number of amides is 3. The molecule has 4 aromatic rings. The summed E-state index contributed by atoms with van der Waals surface area (Å²) in [6.45, 7) is 5.96. The summed E-state index contributed by atoms with van der Waals surface area (Å²) in [7, 11) is 1.67. The van der Waals surface area contributed by atoms with Crippen LogP contribution in [-0.2, 0) is 22.6 Å². The minimum Gasteiger partial charge on any atom is -0.508 e. The van der Waals surface area contributed by atoms with Crippen LogP contribution in [0.25, 0.3) is 0 Å². The molecule has 10 rings (SSSR count). The minimum absolute atomic E-state index is 0.116. The summed E-state index contributed by atoms with van der Waals surface area (Å²) in [6.07, 6.45) is 4.21. The van der Waals surface area contributed by atoms with Crippen molar-refractivity contribution in [3.63, 3.8) is 0 Å². The monoisotopic (exact) mass is 799 g/mol. The molecule has 5 heterocycles. The van der Waals surface area contributed by atoms with E-state index in [1.54, 1.807) is 24.1 Å². The fourth-order valence-electron chi connectivity index (χ4n) is 10.9. The average Bonchev–Trinajstić information content (AvgIpc) is 3.59. The van der Waals surface area contributed by atoms with E-state index in [0.29, 0.717) is 42.5 Å². The maximum atomic E-state index is 16.4. The van der Waals surface area contributed by atoms with E-state index >= 15 is 4.39 Å². The first-order valence-corrected chi connectivity index (χ1v) is 21.2. The van der Waals surface area contributed by atoms with Crippen molar-refractivity contribution in [2.24, 2.45) is 5.92 Å². The van der Waals surface area contributed by atoms with Gasteiger partial charge in [0.2, 0.25) is 11.8 Å². The van der Waals surface area contributed by atoms with Crippen LogP contribution >= 0.6 is 0 Å². The summed E-state index contributed by atoms with van der Waals surface area (Å²) in [5, 5.41) is 12.7. The van der Waals surface area contributed by atoms with E-state index in [1.165, 1.54) is 5.56 Å². The molecular weight excluding hydrogens is 750 g/mol. The molecule has 0 spiro atoms. The van der Waals surface area contributed by atoms with Gasteiger partial charge in [0, 0.05) is 74.4 Å². The van der Waals surface area contributed by atoms with Gasteiger partial charge in [-0.1, -0.05) is 36.4 Å². The van der Waals surface area contributed by atoms with Crippen molar-refractivity contribution in [1.82, 2.24) is 15.1 Å². The fourth-order valence-corrected chi connectivity index (χ4v) is 10.9. The van der Waals surface area contributed by atoms with Gasteiger partial charge in [-0.25, -0.2) is 4.39 Å². The Morgan fingerprint density at radius 2 is 1.69 bits per heavy atom. The molecule has 306 valence electrons. The number of nitrogens with zero attached hydrogens (tertiary/aromatic N) is 4. The highest BCUT2D eigenvalue weighted by atomic mass is 19.1. The number of halogens is 1. The molecule has 4 aromatic carbocycles. The molecule has 2 N–H and O–H groups in total. The highest BCUT2D eigenvalue weighted by molar-refractivity contribution is 6.06. The summed E-state index contributed by atoms with van der Waals surface area (Å²) in [6, 6.07) is 23.0. The number of methoxy groups -OCH3 is 1. The van der Waals surface area contributed by atoms with Crippen LogP contribution in [-0.4, -0.2) is 97.7 Å². The number of carbonyl (C=O) groups is 3. The number of hydrogen-bond acceptors (Lipinski definition) is 9. The maximum absolute atomic E-state index is 16.4. The number of nitrogens with one attached hydrogen (secondary N) is 1. The van der Waals surface area contributed by atoms with Gasteiger partial charge in [-0.05, 0) is 91.0 Å². The second kappa shape index (κ2) is 15.2. The molecule has 12 heteroatoms. The number of aromatic hydroxyl groups is 1. The lowest BCUT2D eigenvalue weighted by Gasteiger charge is -2.47. The van der Waals surface area contributed by atoms with E-state index in [9.17, 15) is 19.5 Å². The lowest BCUT2D eigenvalue weighted by molar-refractivity contribution is -0.136. The van der Waals surface area contributed by atoms with E-state index in [2.05, 4.69) is 44.3 Å². The average molecular weight is 800 g/mol. The predicted octanol–water partition coefficient (Wildman–Crippen LogP) is 5.96. The van der Waals surface area contributed by atoms with Crippen molar-refractivity contribution in [2.45, 2.75) is 69.0 Å². The Morgan fingerprint density at radius 1 is 0.864 bits per heavy atom. The number of carbonyl (C=O) groups excluding carboxylic acids is 3. The van der Waals surface area contributed by atoms with Crippen LogP contribution in [0, 0.1) is 11.7 Å². The fraction of sp³-hybridized carbons (Fsp3) is 0.426. The van der Waals surface area contributed by atoms with Gasteiger partial charge in [0.05, 0.1) is 31.1 Å². The third-order valence-electron chi connectivity index (χ3n) is 13.9. The molecule has 0 unspecified atom stereocenters. The van der Waals surface area contributed by atoms with Crippen molar-refractivity contribution in [1.29, 1.82) is 0 Å². The molecule has 3 fully saturated rings. The molecule has 0 radical (unpaired) electrons. The number of rotatable bonds is 7. The first-order valence-electron chi connectivity index (χ1n) is 21.2. The van der Waals surface area contributed by atoms with Crippen molar-refractivity contribution >= 4 is 29.1 Å². The Bertz CT molecular complexity index is 2310. The number of anilines is 2. The molecule has 6 aliphatic rings. The molecule has 4 atom stereocenters. The van der Waals surface area contributed by atoms with Crippen LogP contribution < -0.4 is 24.6 Å². The van der Waals surface area contributed by atoms with Crippen molar-refractivity contribution in [3.8, 4) is 17.2 Å². The third kappa shape index (κ3) is 6.75. The van der Waals surface area contributed by atoms with E-state index < -0.39 is 11.9 Å². The molecule has 0 bridgehead atoms. The lowest BCUT2D eigenvalue weighted by Crippen LogP contribution is -2.58. The smallest absolute Gasteiger partial charge is 0.255 e. The summed E-state index contributed by atoms with van der Waals surface area (Å²) < 4.78 is 28.9. The van der Waals surface area contributed by atoms with Gasteiger partial charge < -0.3 is 29.3 Å². The minimum atomic E-state index is -0.659. The summed E-state index contributed by atoms with van der Waals surface area (Å²) in [5.74, 6) is 1.06. The summed E-state index contributed by atoms with van der Waals surface area (Å²) in [5.41, 5.74) is 7.23. The Labute approximate surface area is 343 Å². The number of ether oxygens (including phenoxy) is 2. The number of imide groups is 1. The summed E-state index contributed by atoms with van der Waals surface area (Å²) >= 11 is 0. The quantitative estimate of drug-likeness (QED) is 0.219. The van der Waals surface area contributed by atoms with Gasteiger partial charge in [-0.2, -0.15) is 0 Å². The number of phenolic OH excluding ortho intramolecular Hbond substituents is 1. The van der Waals surface area contributed by atoms with Crippen LogP contribution in [0.4, 0.5) is 15.8 Å². The molecule has 3 amide bonds. The summed E-state index contributed by atoms with van der Waals surface area (Å²) in [4.78, 5) is 46.4. The predicted molar refractivity (Wildman–Crippen MR) is 221 cm³/mol. The third-order valence-corrected chi connectivity index (χ3v) is 13.9. The van der Waals surface area contributed by atoms with E-state index in [1.807, 2.05) is 36.4 Å². The van der Waals surface area contributed by atoms with E-state index in [4.69, 9.17) is 9.47 Å². The van der Waals surface area contributed by atoms with Crippen LogP contribution in [0.5, 0.6) is 17.2 Å². The maximum Gasteiger partial charge on any atom is 0.255 e. The van der Waals surface area contributed by atoms with Crippen molar-refractivity contribution in [2.75, 3.05) is 62.8 Å². The molecule has 11 nitrogen and oxygen atoms in total. The number of piperidine rings is 2. The van der Waals surface area contributed by atoms with Gasteiger partial charge in [0.1, 0.15) is 35.7 Å². The zero-order chi connectivity index (χ0) is 40.4. The number of fused-ring (bicyclic) bond motifs is 6. The number of phenols is 1. The standard InChI is InChI=1S/C47H50FN5O6/c1-58-42-23-41(38(48)22-36(42)44-33(29-5-3-2-4-6-29)9-7-30-21-32(54)8-10-34(30)44)51-17-15-28(16-18-51)24-50-19-20-52-31(25-50)27-59-45-37-26-53(40-13-14-43(55)49-46(40)56)47(57)35(37)11-12-39(45)52/h2-6,8,10-12,21-23,28,31,33,40,44,54H,7,9,13-20,24-27H2,1H3,(H,49,55,56)/t31-,33+,40-,44-/m0/s1. The number of hydrogen-bond donors (Lipinski definition) is 2. The van der Waals surface area contributed by atoms with Gasteiger partial charge in [-0.3, -0.25) is 24.6 Å². The van der Waals surface area contributed by atoms with Crippen molar-refractivity contribution in [3.05, 3.63) is 112 Å². The highest BCUT2D eigenvalue weighted by Crippen LogP contribution is 2.50. The van der Waals surface area contributed by atoms with Crippen LogP contribution in [0.15, 0.2) is 72.8 Å². The Balaban J connectivity index is 0.793. The largest absolute Gasteiger partial charge is 0.508 e. The Kier molecular flexibility index (Phi) is 9.70. The number of benzene rings is 4. The number of aryl methyl sites for hydroxylation is 1. The highest BCUT2D eigenvalue weighted by Gasteiger charge is 2.43. The number of piperazine rings is 1. The normalized spacial score (nSPS) is 24.5. The van der Waals surface area contributed by atoms with Gasteiger partial charge in [-0.15, -0.1) is 0 Å². The zero-order valence-electron chi connectivity index (χ0n) is 33.4. The Morgan fingerprint density at radius 3 is 2.49 bits per heavy atom. The first kappa shape index (κ1) is 37.6. The molecule has 5 aliphatic heterocycles. The van der Waals surface area contributed by atoms with E-state index in [0.717, 1.165) is 98.6 Å². The SMILES string of the molecule is COc1cc(N2CCC(CN3CCN4c5ccc6c(c5OC[C@@H]4C3)CN([C@H]3CCC(=O)NC3=O)C6=O)CC2)c(F)cc1[C@@H]1c2ccc(O)cc2CC[C@@H]1c1ccccc1. The molecular formula is C47H50FN5O6. The topological polar surface area (TPSA) is 115 Å². The lowest BCUT2D eigenvalue weighted by atomic mass is 9.69. The molecule has 0 saturated carbocycles. The van der Waals surface area contributed by atoms with Crippen LogP contribution in [0.2, 0.25) is 0 Å². The Hall–Kier alpha value is -5.62. The molecule has 1 aliphatic carbocycles. The molecule has 0 aromatic heterocycles. The first-order chi connectivity index (χ1) is 28.7. The molecule has 59 heavy (non-hydrogen) atoms. The van der Waals surface area contributed by atoms with Crippen LogP contribution in [0.3, 0.4) is 0 Å². The van der Waals surface area contributed by atoms with Crippen LogP contribution in [0.1, 0.15) is 82.1 Å². The van der Waals surface area contributed by atoms with E-state index in [-0.39, 0.29) is 47.7 Å². The molecule has 3 saturated heterocycles.